The minimum Gasteiger partial charge on any atom is -0.100 e. The van der Waals surface area contributed by atoms with Crippen LogP contribution in [0.25, 0.3) is 0 Å². The zero-order chi connectivity index (χ0) is 3.58. The van der Waals surface area contributed by atoms with Crippen LogP contribution < -0.4 is 0 Å². The summed E-state index contributed by atoms with van der Waals surface area (Å²) in [6.07, 6.45) is 0. The van der Waals surface area contributed by atoms with Crippen molar-refractivity contribution in [1.29, 1.82) is 0 Å². The summed E-state index contributed by atoms with van der Waals surface area (Å²) in [7, 11) is 0. The van der Waals surface area contributed by atoms with E-state index in [2.05, 4.69) is 6.58 Å². The average Bonchev–Trinajstić information content (AvgIpc) is 0.811. The number of hydrogen-bond acceptors (Lipinski definition) is 0. The van der Waals surface area contributed by atoms with Crippen LogP contribution in [0.4, 0.5) is 0 Å². The van der Waals surface area contributed by atoms with Gasteiger partial charge >= 0.3 is 0 Å². The van der Waals surface area contributed by atoms with Gasteiger partial charge in [-0.1, -0.05) is 5.57 Å². The van der Waals surface area contributed by atoms with Crippen LogP contribution in [0, 0.1) is 0 Å². The Hall–Kier alpha value is -0.260. The first kappa shape index (κ1) is 3.74. The van der Waals surface area contributed by atoms with Gasteiger partial charge in [0.25, 0.3) is 0 Å². The van der Waals surface area contributed by atoms with Gasteiger partial charge in [0, 0.05) is 0 Å². The minimum atomic E-state index is 1.17. The topological polar surface area (TPSA) is 0 Å². The van der Waals surface area contributed by atoms with Gasteiger partial charge in [-0.25, -0.2) is 0 Å². The van der Waals surface area contributed by atoms with Crippen molar-refractivity contribution in [3.63, 3.8) is 0 Å². The van der Waals surface area contributed by atoms with Gasteiger partial charge in [0.15, 0.2) is 0 Å². The molecule has 0 atom stereocenters. The summed E-state index contributed by atoms with van der Waals surface area (Å²) in [5, 5.41) is 0. The molecule has 0 bridgehead atoms. The molecule has 0 aromatic heterocycles. The van der Waals surface area contributed by atoms with E-state index in [4.69, 9.17) is 0 Å². The molecule has 0 aliphatic rings. The van der Waals surface area contributed by atoms with Crippen molar-refractivity contribution in [2.45, 2.75) is 13.8 Å². The van der Waals surface area contributed by atoms with E-state index >= 15 is 0 Å². The first-order valence-electron chi connectivity index (χ1n) is 1.35. The summed E-state index contributed by atoms with van der Waals surface area (Å²) in [6, 6.07) is 0. The first-order chi connectivity index (χ1) is 1.73. The van der Waals surface area contributed by atoms with Crippen molar-refractivity contribution in [3.05, 3.63) is 12.2 Å². The normalized spacial score (nSPS) is 6.50. The Balaban J connectivity index is 2.80. The Kier molecular flexibility index (Phi) is 1.03. The van der Waals surface area contributed by atoms with E-state index in [9.17, 15) is 0 Å². The molecule has 0 aliphatic heterocycles. The first-order valence-corrected chi connectivity index (χ1v) is 1.35. The van der Waals surface area contributed by atoms with E-state index in [1.54, 1.807) is 0 Å². The van der Waals surface area contributed by atoms with Gasteiger partial charge in [0.2, 0.25) is 0 Å². The fourth-order valence-corrected chi connectivity index (χ4v) is 0. The summed E-state index contributed by atoms with van der Waals surface area (Å²) >= 11 is 0. The van der Waals surface area contributed by atoms with Crippen LogP contribution >= 0.6 is 0 Å². The van der Waals surface area contributed by atoms with E-state index in [1.165, 1.54) is 5.57 Å². The lowest BCUT2D eigenvalue weighted by atomic mass is 10.9. The Bertz CT molecular complexity index is 23.0. The molecule has 0 saturated heterocycles. The number of rotatable bonds is 0. The quantitative estimate of drug-likeness (QED) is 0.293. The average molecular weight is 58.1 g/mol. The van der Waals surface area contributed by atoms with Crippen molar-refractivity contribution in [2.75, 3.05) is 0 Å². The Morgan fingerprint density at radius 2 is 1.50 bits per heavy atom. The third-order valence-corrected chi connectivity index (χ3v) is 0. The standard InChI is InChI=1S/C4H8/c1-4(2)3/h1H2,2-3H3/i1+1,4+1. The highest BCUT2D eigenvalue weighted by Crippen LogP contribution is 1.73. The van der Waals surface area contributed by atoms with Gasteiger partial charge in [0.05, 0.1) is 0 Å². The SMILES string of the molecule is C[13C](C)=[13CH2]. The summed E-state index contributed by atoms with van der Waals surface area (Å²) < 4.78 is 0. The lowest BCUT2D eigenvalue weighted by molar-refractivity contribution is 1.42. The third-order valence-electron chi connectivity index (χ3n) is 0. The molecular weight excluding hydrogens is 50.0 g/mol. The highest BCUT2D eigenvalue weighted by molar-refractivity contribution is 4.78. The number of allylic oxidation sites excluding steroid dienone is 1. The van der Waals surface area contributed by atoms with Crippen LogP contribution in [0.3, 0.4) is 0 Å². The van der Waals surface area contributed by atoms with Crippen molar-refractivity contribution in [2.24, 2.45) is 0 Å². The molecule has 0 fully saturated rings. The summed E-state index contributed by atoms with van der Waals surface area (Å²) in [5.74, 6) is 0. The zero-order valence-corrected chi connectivity index (χ0v) is 3.21. The molecule has 0 heterocycles. The molecule has 0 aromatic carbocycles. The summed E-state index contributed by atoms with van der Waals surface area (Å²) in [6.45, 7) is 7.50. The molecule has 0 heteroatoms. The van der Waals surface area contributed by atoms with E-state index in [0.717, 1.165) is 0 Å². The molecule has 0 nitrogen and oxygen atoms in total. The lowest BCUT2D eigenvalue weighted by Gasteiger charge is -1.65. The van der Waals surface area contributed by atoms with Gasteiger partial charge in [-0.15, -0.1) is 6.58 Å². The van der Waals surface area contributed by atoms with Gasteiger partial charge < -0.3 is 0 Å². The van der Waals surface area contributed by atoms with E-state index < -0.39 is 0 Å². The second-order valence-electron chi connectivity index (χ2n) is 1.21. The maximum Gasteiger partial charge on any atom is -0.0445 e. The molecule has 0 spiro atoms. The Labute approximate surface area is 27.1 Å². The molecule has 0 saturated carbocycles. The van der Waals surface area contributed by atoms with Crippen molar-refractivity contribution in [1.82, 2.24) is 0 Å². The highest BCUT2D eigenvalue weighted by Gasteiger charge is 1.51. The van der Waals surface area contributed by atoms with Crippen molar-refractivity contribution in [3.8, 4) is 0 Å². The van der Waals surface area contributed by atoms with Crippen LogP contribution in [-0.4, -0.2) is 0 Å². The molecule has 0 amide bonds. The molecule has 4 heavy (non-hydrogen) atoms. The van der Waals surface area contributed by atoms with Crippen LogP contribution in [0.5, 0.6) is 0 Å². The maximum absolute atomic E-state index is 3.56. The summed E-state index contributed by atoms with van der Waals surface area (Å²) in [5.41, 5.74) is 1.17. The molecular formula is C4H8. The predicted octanol–water partition coefficient (Wildman–Crippen LogP) is 1.58. The van der Waals surface area contributed by atoms with Gasteiger partial charge in [-0.2, -0.15) is 0 Å². The van der Waals surface area contributed by atoms with Crippen LogP contribution in [0.1, 0.15) is 13.8 Å². The van der Waals surface area contributed by atoms with E-state index in [0.29, 0.717) is 0 Å². The smallest absolute Gasteiger partial charge is 0.0445 e. The van der Waals surface area contributed by atoms with Crippen LogP contribution in [-0.2, 0) is 0 Å². The fraction of sp³-hybridized carbons (Fsp3) is 0.500. The second kappa shape index (κ2) is 1.10. The van der Waals surface area contributed by atoms with E-state index in [1.807, 2.05) is 13.8 Å². The van der Waals surface area contributed by atoms with Gasteiger partial charge in [0.1, 0.15) is 0 Å². The highest BCUT2D eigenvalue weighted by atomic mass is 14.3. The molecule has 0 rings (SSSR count). The van der Waals surface area contributed by atoms with Crippen molar-refractivity contribution >= 4 is 0 Å². The van der Waals surface area contributed by atoms with Gasteiger partial charge in [-0.05, 0) is 13.8 Å². The number of hydrogen-bond donors (Lipinski definition) is 0. The second-order valence-corrected chi connectivity index (χ2v) is 1.21. The Morgan fingerprint density at radius 3 is 1.50 bits per heavy atom. The molecule has 0 aliphatic carbocycles. The van der Waals surface area contributed by atoms with Crippen molar-refractivity contribution < 1.29 is 0 Å². The Morgan fingerprint density at radius 1 is 1.50 bits per heavy atom. The molecule has 0 aromatic rings. The minimum absolute atomic E-state index is 1.17. The molecule has 0 radical (unpaired) electrons. The largest absolute Gasteiger partial charge is 0.100 e. The van der Waals surface area contributed by atoms with Crippen LogP contribution in [0.15, 0.2) is 12.2 Å². The van der Waals surface area contributed by atoms with E-state index in [-0.39, 0.29) is 0 Å². The fourth-order valence-electron chi connectivity index (χ4n) is 0. The predicted molar refractivity (Wildman–Crippen MR) is 20.5 cm³/mol. The lowest BCUT2D eigenvalue weighted by Crippen LogP contribution is -1.43. The zero-order valence-electron chi connectivity index (χ0n) is 3.21. The van der Waals surface area contributed by atoms with Gasteiger partial charge in [-0.3, -0.25) is 0 Å². The van der Waals surface area contributed by atoms with Crippen LogP contribution in [0.2, 0.25) is 0 Å². The third kappa shape index (κ3) is 14.1. The molecule has 0 unspecified atom stereocenters. The molecule has 0 N–H and O–H groups in total. The summed E-state index contributed by atoms with van der Waals surface area (Å²) in [4.78, 5) is 0. The maximum atomic E-state index is 3.56. The molecule has 24 valence electrons. The monoisotopic (exact) mass is 58.1 g/mol.